The minimum atomic E-state index is -0.269. The van der Waals surface area contributed by atoms with Crippen LogP contribution in [0.25, 0.3) is 115 Å². The molecule has 2 aliphatic heterocycles. The molecule has 0 N–H and O–H groups in total. The molecule has 0 radical (unpaired) electrons. The lowest BCUT2D eigenvalue weighted by molar-refractivity contribution is 0.590. The lowest BCUT2D eigenvalue weighted by Crippen LogP contribution is -2.61. The summed E-state index contributed by atoms with van der Waals surface area (Å²) in [7, 11) is 0. The van der Waals surface area contributed by atoms with Gasteiger partial charge in [-0.15, -0.1) is 0 Å². The summed E-state index contributed by atoms with van der Waals surface area (Å²) in [5.74, 6) is 0. The number of anilines is 6. The fourth-order valence-corrected chi connectivity index (χ4v) is 16.1. The number of hydrogen-bond acceptors (Lipinski definition) is 3. The van der Waals surface area contributed by atoms with Gasteiger partial charge in [-0.2, -0.15) is 5.26 Å². The van der Waals surface area contributed by atoms with Crippen LogP contribution in [-0.2, 0) is 10.8 Å². The number of hydrogen-bond donors (Lipinski definition) is 0. The van der Waals surface area contributed by atoms with Gasteiger partial charge in [0, 0.05) is 66.8 Å². The van der Waals surface area contributed by atoms with Crippen LogP contribution in [0.1, 0.15) is 58.2 Å². The third-order valence-electron chi connectivity index (χ3n) is 21.1. The van der Waals surface area contributed by atoms with Gasteiger partial charge >= 0.3 is 0 Å². The zero-order chi connectivity index (χ0) is 68.4. The quantitative estimate of drug-likeness (QED) is 0.107. The van der Waals surface area contributed by atoms with E-state index in [1.165, 1.54) is 49.1 Å². The number of nitrogens with zero attached hydrogens (tertiary/aromatic N) is 6. The van der Waals surface area contributed by atoms with Crippen LogP contribution < -0.4 is 26.2 Å². The predicted octanol–water partition coefficient (Wildman–Crippen LogP) is 23.3. The molecule has 16 aromatic rings. The second-order valence-electron chi connectivity index (χ2n) is 29.1. The van der Waals surface area contributed by atoms with Gasteiger partial charge in [-0.3, -0.25) is 0 Å². The van der Waals surface area contributed by atoms with E-state index in [2.05, 4.69) is 344 Å². The van der Waals surface area contributed by atoms with Gasteiger partial charge in [0.25, 0.3) is 6.71 Å². The number of rotatable bonds is 9. The Morgan fingerprint density at radius 2 is 0.723 bits per heavy atom. The fourth-order valence-electron chi connectivity index (χ4n) is 16.1. The van der Waals surface area contributed by atoms with Crippen LogP contribution >= 0.6 is 0 Å². The van der Waals surface area contributed by atoms with Crippen LogP contribution in [0.3, 0.4) is 0 Å². The molecular formula is C94H69BN6. The number of benzene rings is 14. The van der Waals surface area contributed by atoms with Crippen molar-refractivity contribution in [2.24, 2.45) is 0 Å². The van der Waals surface area contributed by atoms with Crippen LogP contribution in [0.4, 0.5) is 39.8 Å². The average Bonchev–Trinajstić information content (AvgIpc) is 1.25. The van der Waals surface area contributed by atoms with E-state index in [1.54, 1.807) is 0 Å². The van der Waals surface area contributed by atoms with Gasteiger partial charge in [0.1, 0.15) is 0 Å². The summed E-state index contributed by atoms with van der Waals surface area (Å²) in [6, 6.07) is 116. The topological polar surface area (TPSA) is 44.5 Å². The van der Waals surface area contributed by atoms with Crippen molar-refractivity contribution in [2.45, 2.75) is 52.4 Å². The lowest BCUT2D eigenvalue weighted by Gasteiger charge is -2.45. The predicted molar refractivity (Wildman–Crippen MR) is 425 cm³/mol. The Morgan fingerprint density at radius 1 is 0.327 bits per heavy atom. The van der Waals surface area contributed by atoms with Gasteiger partial charge in [0.2, 0.25) is 0 Å². The minimum absolute atomic E-state index is 0.0741. The van der Waals surface area contributed by atoms with Crippen molar-refractivity contribution in [3.63, 3.8) is 0 Å². The standard InChI is InChI=1S/C94H69BN6/c1-93(2,3)69-41-35-62(36-42-69)78-53-66(64-24-19-21-60(51-64)59-96)39-49-86(78)100-88-57-72(98-82-31-15-11-27-74(82)75-28-12-16-32-83(75)98)45-47-80(88)95-81-48-46-73(99-84-33-17-13-29-76(84)77-30-14-18-34-85(77)99)58-89(81)101(91-56-68(55-90(100)92(91)95)61-22-9-8-10-23-61)87-50-40-67(65-25-20-26-71(52-65)97-7)54-79(87)63-37-43-70(44-38-63)94(4,5)6/h8-58H,1-6H3. The maximum absolute atomic E-state index is 10.3. The van der Waals surface area contributed by atoms with Crippen molar-refractivity contribution in [1.29, 1.82) is 5.26 Å². The number of fused-ring (bicyclic) bond motifs is 10. The SMILES string of the molecule is [C-]#[N+]c1cccc(-c2ccc(N3c4cc(-n5c6ccccc6c6ccccc65)ccc4B4c5ccc(-n6c7ccccc7c7ccccc76)cc5N(c5ccc(-c6cccc(C#N)c6)cc5-c5ccc(C(C)(C)C)cc5)c5cc(-c6ccccc6)cc3c54)c(-c3ccc(C(C)(C)C)cc3)c2)c1. The van der Waals surface area contributed by atoms with Gasteiger partial charge in [-0.1, -0.05) is 248 Å². The van der Waals surface area contributed by atoms with Crippen molar-refractivity contribution in [3.8, 4) is 73.1 Å². The van der Waals surface area contributed by atoms with E-state index in [1.807, 2.05) is 36.4 Å². The zero-order valence-electron chi connectivity index (χ0n) is 57.2. The molecule has 0 saturated heterocycles. The van der Waals surface area contributed by atoms with Gasteiger partial charge < -0.3 is 18.9 Å². The second kappa shape index (κ2) is 23.5. The van der Waals surface area contributed by atoms with E-state index in [-0.39, 0.29) is 17.5 Å². The Bertz CT molecular complexity index is 5680. The molecular weight excluding hydrogens is 1220 g/mol. The highest BCUT2D eigenvalue weighted by Crippen LogP contribution is 2.52. The van der Waals surface area contributed by atoms with E-state index < -0.39 is 0 Å². The van der Waals surface area contributed by atoms with Crippen molar-refractivity contribution in [2.75, 3.05) is 9.80 Å². The molecule has 0 bridgehead atoms. The van der Waals surface area contributed by atoms with E-state index in [0.717, 1.165) is 123 Å². The smallest absolute Gasteiger partial charge is 0.252 e. The molecule has 0 aliphatic carbocycles. The Kier molecular flexibility index (Phi) is 14.1. The van der Waals surface area contributed by atoms with Gasteiger partial charge in [0.05, 0.1) is 51.6 Å². The van der Waals surface area contributed by atoms with E-state index in [9.17, 15) is 5.26 Å². The summed E-state index contributed by atoms with van der Waals surface area (Å²) in [6.07, 6.45) is 0. The second-order valence-corrected chi connectivity index (χ2v) is 29.1. The summed E-state index contributed by atoms with van der Waals surface area (Å²) in [4.78, 5) is 9.09. The molecule has 6 nitrogen and oxygen atoms in total. The van der Waals surface area contributed by atoms with Gasteiger partial charge in [0.15, 0.2) is 5.69 Å². The van der Waals surface area contributed by atoms with Crippen molar-refractivity contribution < 1.29 is 0 Å². The summed E-state index contributed by atoms with van der Waals surface area (Å²) in [5.41, 5.74) is 30.5. The maximum Gasteiger partial charge on any atom is 0.252 e. The first-order valence-electron chi connectivity index (χ1n) is 34.8. The highest BCUT2D eigenvalue weighted by Gasteiger charge is 2.45. The highest BCUT2D eigenvalue weighted by molar-refractivity contribution is 7.00. The van der Waals surface area contributed by atoms with Gasteiger partial charge in [-0.25, -0.2) is 4.85 Å². The number of aromatic nitrogens is 2. The lowest BCUT2D eigenvalue weighted by atomic mass is 9.33. The Balaban J connectivity index is 0.983. The summed E-state index contributed by atoms with van der Waals surface area (Å²) < 4.78 is 4.90. The number of nitriles is 1. The molecule has 101 heavy (non-hydrogen) atoms. The summed E-state index contributed by atoms with van der Waals surface area (Å²) in [5, 5.41) is 15.1. The molecule has 4 heterocycles. The van der Waals surface area contributed by atoms with Crippen LogP contribution in [-0.4, -0.2) is 15.8 Å². The summed E-state index contributed by atoms with van der Waals surface area (Å²) >= 11 is 0. The fraction of sp³-hybridized carbons (Fsp3) is 0.0851. The maximum atomic E-state index is 10.3. The normalized spacial score (nSPS) is 12.6. The molecule has 0 unspecified atom stereocenters. The molecule has 14 aromatic carbocycles. The largest absolute Gasteiger partial charge is 0.311 e. The first-order chi connectivity index (χ1) is 49.3. The molecule has 7 heteroatoms. The van der Waals surface area contributed by atoms with Crippen LogP contribution in [0.15, 0.2) is 309 Å². The van der Waals surface area contributed by atoms with Crippen LogP contribution in [0.2, 0.25) is 0 Å². The first-order valence-corrected chi connectivity index (χ1v) is 34.8. The minimum Gasteiger partial charge on any atom is -0.311 e. The van der Waals surface area contributed by atoms with Crippen molar-refractivity contribution in [1.82, 2.24) is 9.13 Å². The average molecular weight is 1290 g/mol. The van der Waals surface area contributed by atoms with E-state index in [0.29, 0.717) is 11.3 Å². The monoisotopic (exact) mass is 1290 g/mol. The molecule has 0 spiro atoms. The van der Waals surface area contributed by atoms with Crippen molar-refractivity contribution in [3.05, 3.63) is 337 Å². The molecule has 478 valence electrons. The van der Waals surface area contributed by atoms with Crippen LogP contribution in [0.5, 0.6) is 0 Å². The Hall–Kier alpha value is -12.7. The summed E-state index contributed by atoms with van der Waals surface area (Å²) in [6.45, 7) is 21.5. The molecule has 18 rings (SSSR count). The molecule has 0 amide bonds. The van der Waals surface area contributed by atoms with Crippen LogP contribution in [0, 0.1) is 17.9 Å². The zero-order valence-corrected chi connectivity index (χ0v) is 57.2. The molecule has 2 aromatic heterocycles. The molecule has 0 saturated carbocycles. The Morgan fingerprint density at radius 3 is 1.16 bits per heavy atom. The third-order valence-corrected chi connectivity index (χ3v) is 21.1. The molecule has 2 aliphatic rings. The van der Waals surface area contributed by atoms with E-state index in [4.69, 9.17) is 6.57 Å². The highest BCUT2D eigenvalue weighted by atomic mass is 15.2. The van der Waals surface area contributed by atoms with E-state index >= 15 is 0 Å². The molecule has 0 fully saturated rings. The first kappa shape index (κ1) is 60.7. The Labute approximate surface area is 590 Å². The van der Waals surface area contributed by atoms with Gasteiger partial charge in [-0.05, 0) is 186 Å². The third kappa shape index (κ3) is 10.1. The molecule has 0 atom stereocenters. The number of para-hydroxylation sites is 4. The van der Waals surface area contributed by atoms with Crippen molar-refractivity contribution >= 4 is 107 Å².